The second-order valence-corrected chi connectivity index (χ2v) is 5.01. The van der Waals surface area contributed by atoms with E-state index in [-0.39, 0.29) is 11.7 Å². The van der Waals surface area contributed by atoms with Crippen LogP contribution in [-0.2, 0) is 0 Å². The number of halogens is 1. The summed E-state index contributed by atoms with van der Waals surface area (Å²) in [6.45, 7) is 1.98. The molecule has 2 N–H and O–H groups in total. The predicted octanol–water partition coefficient (Wildman–Crippen LogP) is 3.64. The highest BCUT2D eigenvalue weighted by Gasteiger charge is 2.18. The van der Waals surface area contributed by atoms with Crippen molar-refractivity contribution in [1.29, 1.82) is 0 Å². The van der Waals surface area contributed by atoms with Crippen molar-refractivity contribution >= 4 is 16.8 Å². The summed E-state index contributed by atoms with van der Waals surface area (Å²) in [6, 6.07) is 12.0. The minimum absolute atomic E-state index is 0.161. The molecule has 3 aromatic rings. The Hall–Kier alpha value is -2.62. The first-order chi connectivity index (χ1) is 10.1. The van der Waals surface area contributed by atoms with Crippen molar-refractivity contribution < 1.29 is 9.18 Å². The number of hydrogen-bond acceptors (Lipinski definition) is 1. The maximum absolute atomic E-state index is 13.1. The molecule has 106 valence electrons. The third kappa shape index (κ3) is 2.29. The highest BCUT2D eigenvalue weighted by atomic mass is 19.1. The number of aromatic amines is 1. The van der Waals surface area contributed by atoms with Crippen molar-refractivity contribution in [1.82, 2.24) is 10.3 Å². The van der Waals surface area contributed by atoms with Gasteiger partial charge in [-0.3, -0.25) is 4.79 Å². The van der Waals surface area contributed by atoms with Crippen molar-refractivity contribution in [2.24, 2.45) is 0 Å². The Balaban J connectivity index is 2.30. The van der Waals surface area contributed by atoms with Gasteiger partial charge in [-0.15, -0.1) is 0 Å². The summed E-state index contributed by atoms with van der Waals surface area (Å²) in [6.07, 6.45) is 0. The van der Waals surface area contributed by atoms with Crippen LogP contribution in [-0.4, -0.2) is 17.9 Å². The Kier molecular flexibility index (Phi) is 3.22. The highest BCUT2D eigenvalue weighted by molar-refractivity contribution is 6.12. The lowest BCUT2D eigenvalue weighted by molar-refractivity contribution is 0.0965. The molecule has 4 heteroatoms. The molecule has 0 aliphatic heterocycles. The second-order valence-electron chi connectivity index (χ2n) is 5.01. The SMILES string of the molecule is CNC(=O)c1c(-c2ccc(F)cc2)[nH]c2ccc(C)cc12. The van der Waals surface area contributed by atoms with Gasteiger partial charge in [0, 0.05) is 18.0 Å². The molecule has 0 fully saturated rings. The molecule has 2 aromatic carbocycles. The number of hydrogen-bond donors (Lipinski definition) is 2. The van der Waals surface area contributed by atoms with Gasteiger partial charge in [-0.25, -0.2) is 4.39 Å². The standard InChI is InChI=1S/C17H15FN2O/c1-10-3-8-14-13(9-10)15(17(21)19-2)16(20-14)11-4-6-12(18)7-5-11/h3-9,20H,1-2H3,(H,19,21). The molecule has 1 heterocycles. The number of nitrogens with one attached hydrogen (secondary N) is 2. The number of aryl methyl sites for hydroxylation is 1. The van der Waals surface area contributed by atoms with E-state index in [0.717, 1.165) is 22.0 Å². The van der Waals surface area contributed by atoms with Gasteiger partial charge in [0.15, 0.2) is 0 Å². The molecule has 3 rings (SSSR count). The average Bonchev–Trinajstić information content (AvgIpc) is 2.85. The zero-order valence-electron chi connectivity index (χ0n) is 11.8. The molecule has 0 saturated heterocycles. The lowest BCUT2D eigenvalue weighted by Crippen LogP contribution is -2.18. The molecular formula is C17H15FN2O. The van der Waals surface area contributed by atoms with E-state index < -0.39 is 0 Å². The third-order valence-corrected chi connectivity index (χ3v) is 3.54. The van der Waals surface area contributed by atoms with Crippen LogP contribution < -0.4 is 5.32 Å². The van der Waals surface area contributed by atoms with E-state index in [1.165, 1.54) is 12.1 Å². The summed E-state index contributed by atoms with van der Waals surface area (Å²) in [5.74, 6) is -0.460. The van der Waals surface area contributed by atoms with Crippen molar-refractivity contribution in [2.45, 2.75) is 6.92 Å². The van der Waals surface area contributed by atoms with E-state index in [2.05, 4.69) is 10.3 Å². The summed E-state index contributed by atoms with van der Waals surface area (Å²) in [4.78, 5) is 15.5. The molecule has 1 aromatic heterocycles. The normalized spacial score (nSPS) is 10.8. The van der Waals surface area contributed by atoms with E-state index in [1.807, 2.05) is 25.1 Å². The predicted molar refractivity (Wildman–Crippen MR) is 81.8 cm³/mol. The van der Waals surface area contributed by atoms with Crippen LogP contribution in [0.5, 0.6) is 0 Å². The number of amides is 1. The van der Waals surface area contributed by atoms with E-state index in [4.69, 9.17) is 0 Å². The summed E-state index contributed by atoms with van der Waals surface area (Å²) < 4.78 is 13.1. The number of aromatic nitrogens is 1. The van der Waals surface area contributed by atoms with Crippen molar-refractivity contribution in [3.05, 3.63) is 59.4 Å². The van der Waals surface area contributed by atoms with Gasteiger partial charge in [-0.05, 0) is 48.9 Å². The first-order valence-corrected chi connectivity index (χ1v) is 6.70. The van der Waals surface area contributed by atoms with Crippen LogP contribution in [0.15, 0.2) is 42.5 Å². The number of carbonyl (C=O) groups excluding carboxylic acids is 1. The van der Waals surface area contributed by atoms with Gasteiger partial charge in [-0.1, -0.05) is 11.6 Å². The van der Waals surface area contributed by atoms with Crippen molar-refractivity contribution in [3.63, 3.8) is 0 Å². The van der Waals surface area contributed by atoms with Crippen LogP contribution in [0.2, 0.25) is 0 Å². The fraction of sp³-hybridized carbons (Fsp3) is 0.118. The van der Waals surface area contributed by atoms with Crippen LogP contribution in [0.3, 0.4) is 0 Å². The Morgan fingerprint density at radius 1 is 1.14 bits per heavy atom. The molecule has 0 radical (unpaired) electrons. The maximum atomic E-state index is 13.1. The first kappa shape index (κ1) is 13.4. The van der Waals surface area contributed by atoms with Crippen LogP contribution >= 0.6 is 0 Å². The third-order valence-electron chi connectivity index (χ3n) is 3.54. The lowest BCUT2D eigenvalue weighted by Gasteiger charge is -2.04. The van der Waals surface area contributed by atoms with Crippen LogP contribution in [0.1, 0.15) is 15.9 Å². The molecular weight excluding hydrogens is 267 g/mol. The Morgan fingerprint density at radius 3 is 2.52 bits per heavy atom. The average molecular weight is 282 g/mol. The van der Waals surface area contributed by atoms with E-state index in [9.17, 15) is 9.18 Å². The Bertz CT molecular complexity index is 819. The number of H-pyrrole nitrogens is 1. The van der Waals surface area contributed by atoms with Crippen LogP contribution in [0, 0.1) is 12.7 Å². The topological polar surface area (TPSA) is 44.9 Å². The molecule has 0 unspecified atom stereocenters. The Morgan fingerprint density at radius 2 is 1.86 bits per heavy atom. The van der Waals surface area contributed by atoms with Gasteiger partial charge in [0.25, 0.3) is 5.91 Å². The van der Waals surface area contributed by atoms with Gasteiger partial charge in [0.05, 0.1) is 11.3 Å². The quantitative estimate of drug-likeness (QED) is 0.740. The fourth-order valence-corrected chi connectivity index (χ4v) is 2.50. The van der Waals surface area contributed by atoms with Crippen LogP contribution in [0.4, 0.5) is 4.39 Å². The monoisotopic (exact) mass is 282 g/mol. The second kappa shape index (κ2) is 5.05. The largest absolute Gasteiger partial charge is 0.355 e. The first-order valence-electron chi connectivity index (χ1n) is 6.70. The molecule has 0 saturated carbocycles. The number of carbonyl (C=O) groups is 1. The number of fused-ring (bicyclic) bond motifs is 1. The summed E-state index contributed by atoms with van der Waals surface area (Å²) in [7, 11) is 1.60. The van der Waals surface area contributed by atoms with Gasteiger partial charge >= 0.3 is 0 Å². The van der Waals surface area contributed by atoms with Gasteiger partial charge < -0.3 is 10.3 Å². The number of benzene rings is 2. The molecule has 1 amide bonds. The smallest absolute Gasteiger partial charge is 0.253 e. The molecule has 0 bridgehead atoms. The van der Waals surface area contributed by atoms with E-state index in [0.29, 0.717) is 11.3 Å². The number of rotatable bonds is 2. The fourth-order valence-electron chi connectivity index (χ4n) is 2.50. The van der Waals surface area contributed by atoms with Crippen LogP contribution in [0.25, 0.3) is 22.2 Å². The summed E-state index contributed by atoms with van der Waals surface area (Å²) in [5, 5.41) is 3.54. The minimum atomic E-state index is -0.299. The summed E-state index contributed by atoms with van der Waals surface area (Å²) in [5.41, 5.74) is 4.04. The molecule has 0 spiro atoms. The van der Waals surface area contributed by atoms with Gasteiger partial charge in [0.1, 0.15) is 5.82 Å². The molecule has 0 aliphatic rings. The zero-order chi connectivity index (χ0) is 15.0. The minimum Gasteiger partial charge on any atom is -0.355 e. The molecule has 0 aliphatic carbocycles. The molecule has 0 atom stereocenters. The Labute approximate surface area is 121 Å². The van der Waals surface area contributed by atoms with Crippen molar-refractivity contribution in [2.75, 3.05) is 7.05 Å². The molecule has 3 nitrogen and oxygen atoms in total. The lowest BCUT2D eigenvalue weighted by atomic mass is 10.0. The molecule has 21 heavy (non-hydrogen) atoms. The van der Waals surface area contributed by atoms with Crippen molar-refractivity contribution in [3.8, 4) is 11.3 Å². The summed E-state index contributed by atoms with van der Waals surface area (Å²) >= 11 is 0. The van der Waals surface area contributed by atoms with Gasteiger partial charge in [-0.2, -0.15) is 0 Å². The van der Waals surface area contributed by atoms with Gasteiger partial charge in [0.2, 0.25) is 0 Å². The van der Waals surface area contributed by atoms with E-state index in [1.54, 1.807) is 19.2 Å². The zero-order valence-corrected chi connectivity index (χ0v) is 11.8. The van der Waals surface area contributed by atoms with E-state index >= 15 is 0 Å². The maximum Gasteiger partial charge on any atom is 0.253 e. The highest BCUT2D eigenvalue weighted by Crippen LogP contribution is 2.31.